The first-order valence-corrected chi connectivity index (χ1v) is 6.50. The van der Waals surface area contributed by atoms with E-state index in [1.807, 2.05) is 11.0 Å². The molecule has 0 unspecified atom stereocenters. The van der Waals surface area contributed by atoms with Crippen LogP contribution in [0.2, 0.25) is 5.02 Å². The number of amides is 1. The van der Waals surface area contributed by atoms with E-state index in [0.717, 1.165) is 25.9 Å². The molecule has 0 bridgehead atoms. The normalized spacial score (nSPS) is 15.2. The molecule has 1 amide bonds. The minimum atomic E-state index is -0.428. The Labute approximate surface area is 117 Å². The van der Waals surface area contributed by atoms with Gasteiger partial charge in [-0.25, -0.2) is 0 Å². The summed E-state index contributed by atoms with van der Waals surface area (Å²) in [5.74, 6) is -0.428. The second kappa shape index (κ2) is 6.26. The number of rotatable bonds is 3. The summed E-state index contributed by atoms with van der Waals surface area (Å²) in [5.41, 5.74) is 0.610. The fourth-order valence-corrected chi connectivity index (χ4v) is 2.13. The van der Waals surface area contributed by atoms with Crippen molar-refractivity contribution in [2.24, 2.45) is 0 Å². The van der Waals surface area contributed by atoms with E-state index in [9.17, 15) is 4.79 Å². The van der Waals surface area contributed by atoms with Gasteiger partial charge in [0, 0.05) is 19.3 Å². The quantitative estimate of drug-likeness (QED) is 0.682. The van der Waals surface area contributed by atoms with E-state index in [1.165, 1.54) is 0 Å². The van der Waals surface area contributed by atoms with Gasteiger partial charge < -0.3 is 10.2 Å². The number of hydrogen-bond donors (Lipinski definition) is 1. The molecule has 1 saturated heterocycles. The summed E-state index contributed by atoms with van der Waals surface area (Å²) in [6, 6.07) is 8.88. The third kappa shape index (κ3) is 3.49. The van der Waals surface area contributed by atoms with Crippen LogP contribution in [0.4, 0.5) is 5.69 Å². The van der Waals surface area contributed by atoms with Gasteiger partial charge in [-0.2, -0.15) is 5.26 Å². The summed E-state index contributed by atoms with van der Waals surface area (Å²) in [6.07, 6.45) is 3.82. The molecular weight excluding hydrogens is 262 g/mol. The van der Waals surface area contributed by atoms with Gasteiger partial charge >= 0.3 is 0 Å². The van der Waals surface area contributed by atoms with Crippen LogP contribution >= 0.6 is 11.6 Å². The summed E-state index contributed by atoms with van der Waals surface area (Å²) in [5, 5.41) is 12.2. The highest BCUT2D eigenvalue weighted by Crippen LogP contribution is 2.21. The van der Waals surface area contributed by atoms with Crippen LogP contribution < -0.4 is 5.32 Å². The molecule has 19 heavy (non-hydrogen) atoms. The number of carbonyl (C=O) groups excluding carboxylic acids is 1. The van der Waals surface area contributed by atoms with Crippen molar-refractivity contribution in [1.29, 1.82) is 5.26 Å². The number of nitriles is 1. The summed E-state index contributed by atoms with van der Waals surface area (Å²) in [6.45, 7) is 1.79. The zero-order valence-corrected chi connectivity index (χ0v) is 11.2. The predicted octanol–water partition coefficient (Wildman–Crippen LogP) is 2.78. The number of carbonyl (C=O) groups is 1. The van der Waals surface area contributed by atoms with E-state index in [-0.39, 0.29) is 5.57 Å². The molecule has 1 N–H and O–H groups in total. The van der Waals surface area contributed by atoms with Crippen LogP contribution in [0, 0.1) is 11.3 Å². The number of benzene rings is 1. The predicted molar refractivity (Wildman–Crippen MR) is 74.6 cm³/mol. The monoisotopic (exact) mass is 275 g/mol. The van der Waals surface area contributed by atoms with Crippen molar-refractivity contribution in [3.63, 3.8) is 0 Å². The lowest BCUT2D eigenvalue weighted by Gasteiger charge is -2.12. The van der Waals surface area contributed by atoms with Crippen LogP contribution in [0.3, 0.4) is 0 Å². The first-order chi connectivity index (χ1) is 9.20. The number of halogens is 1. The maximum absolute atomic E-state index is 12.0. The van der Waals surface area contributed by atoms with Crippen molar-refractivity contribution in [2.45, 2.75) is 12.8 Å². The average Bonchev–Trinajstić information content (AvgIpc) is 2.91. The van der Waals surface area contributed by atoms with E-state index in [4.69, 9.17) is 16.9 Å². The smallest absolute Gasteiger partial charge is 0.267 e. The highest BCUT2D eigenvalue weighted by atomic mass is 35.5. The van der Waals surface area contributed by atoms with E-state index in [2.05, 4.69) is 5.32 Å². The molecule has 0 aromatic heterocycles. The van der Waals surface area contributed by atoms with E-state index in [1.54, 1.807) is 30.5 Å². The Morgan fingerprint density at radius 1 is 1.37 bits per heavy atom. The first kappa shape index (κ1) is 13.4. The van der Waals surface area contributed by atoms with Crippen molar-refractivity contribution in [1.82, 2.24) is 4.90 Å². The lowest BCUT2D eigenvalue weighted by molar-refractivity contribution is -0.112. The van der Waals surface area contributed by atoms with Gasteiger partial charge in [0.1, 0.15) is 11.6 Å². The summed E-state index contributed by atoms with van der Waals surface area (Å²) < 4.78 is 0. The van der Waals surface area contributed by atoms with Gasteiger partial charge in [-0.15, -0.1) is 0 Å². The molecule has 5 heteroatoms. The fourth-order valence-electron chi connectivity index (χ4n) is 1.94. The molecule has 0 aliphatic carbocycles. The van der Waals surface area contributed by atoms with Gasteiger partial charge in [0.15, 0.2) is 0 Å². The zero-order chi connectivity index (χ0) is 13.7. The van der Waals surface area contributed by atoms with E-state index < -0.39 is 5.91 Å². The van der Waals surface area contributed by atoms with Gasteiger partial charge in [-0.1, -0.05) is 23.7 Å². The molecule has 1 aromatic rings. The van der Waals surface area contributed by atoms with Crippen molar-refractivity contribution in [3.8, 4) is 6.07 Å². The van der Waals surface area contributed by atoms with Crippen LogP contribution in [0.25, 0.3) is 0 Å². The topological polar surface area (TPSA) is 56.1 Å². The zero-order valence-electron chi connectivity index (χ0n) is 10.4. The Bertz CT molecular complexity index is 542. The highest BCUT2D eigenvalue weighted by Gasteiger charge is 2.14. The summed E-state index contributed by atoms with van der Waals surface area (Å²) in [7, 11) is 0. The van der Waals surface area contributed by atoms with Crippen molar-refractivity contribution < 1.29 is 4.79 Å². The molecule has 1 fully saturated rings. The Hall–Kier alpha value is -1.99. The number of nitrogens with one attached hydrogen (secondary N) is 1. The van der Waals surface area contributed by atoms with E-state index >= 15 is 0 Å². The number of para-hydroxylation sites is 1. The Morgan fingerprint density at radius 3 is 2.68 bits per heavy atom. The van der Waals surface area contributed by atoms with Crippen LogP contribution in [-0.4, -0.2) is 23.9 Å². The minimum absolute atomic E-state index is 0.0989. The molecule has 0 atom stereocenters. The molecule has 98 valence electrons. The lowest BCUT2D eigenvalue weighted by atomic mass is 10.2. The maximum Gasteiger partial charge on any atom is 0.267 e. The second-order valence-electron chi connectivity index (χ2n) is 4.33. The first-order valence-electron chi connectivity index (χ1n) is 6.12. The SMILES string of the molecule is N#C/C(=C/N1CCCC1)C(=O)Nc1ccccc1Cl. The molecule has 0 saturated carbocycles. The summed E-state index contributed by atoms with van der Waals surface area (Å²) in [4.78, 5) is 14.0. The van der Waals surface area contributed by atoms with Gasteiger partial charge in [-0.3, -0.25) is 4.79 Å². The van der Waals surface area contributed by atoms with Gasteiger partial charge in [0.2, 0.25) is 0 Å². The van der Waals surface area contributed by atoms with Gasteiger partial charge in [0.05, 0.1) is 10.7 Å². The molecule has 0 radical (unpaired) electrons. The van der Waals surface area contributed by atoms with Crippen LogP contribution in [-0.2, 0) is 4.79 Å². The average molecular weight is 276 g/mol. The Balaban J connectivity index is 2.09. The van der Waals surface area contributed by atoms with Crippen molar-refractivity contribution in [3.05, 3.63) is 41.1 Å². The third-order valence-electron chi connectivity index (χ3n) is 2.94. The highest BCUT2D eigenvalue weighted by molar-refractivity contribution is 6.33. The minimum Gasteiger partial charge on any atom is -0.376 e. The second-order valence-corrected chi connectivity index (χ2v) is 4.74. The largest absolute Gasteiger partial charge is 0.376 e. The number of nitrogens with zero attached hydrogens (tertiary/aromatic N) is 2. The maximum atomic E-state index is 12.0. The molecule has 1 heterocycles. The van der Waals surface area contributed by atoms with Gasteiger partial charge in [0.25, 0.3) is 5.91 Å². The van der Waals surface area contributed by atoms with Crippen molar-refractivity contribution in [2.75, 3.05) is 18.4 Å². The summed E-state index contributed by atoms with van der Waals surface area (Å²) >= 11 is 5.96. The molecular formula is C14H14ClN3O. The molecule has 2 rings (SSSR count). The van der Waals surface area contributed by atoms with E-state index in [0.29, 0.717) is 10.7 Å². The number of hydrogen-bond acceptors (Lipinski definition) is 3. The number of likely N-dealkylation sites (tertiary alicyclic amines) is 1. The number of anilines is 1. The van der Waals surface area contributed by atoms with Crippen molar-refractivity contribution >= 4 is 23.2 Å². The Morgan fingerprint density at radius 2 is 2.05 bits per heavy atom. The van der Waals surface area contributed by atoms with Crippen LogP contribution in [0.5, 0.6) is 0 Å². The standard InChI is InChI=1S/C14H14ClN3O/c15-12-5-1-2-6-13(12)17-14(19)11(9-16)10-18-7-3-4-8-18/h1-2,5-6,10H,3-4,7-8H2,(H,17,19)/b11-10-. The third-order valence-corrected chi connectivity index (χ3v) is 3.27. The van der Waals surface area contributed by atoms with Crippen LogP contribution in [0.15, 0.2) is 36.0 Å². The molecule has 1 aromatic carbocycles. The lowest BCUT2D eigenvalue weighted by Crippen LogP contribution is -2.18. The molecule has 0 spiro atoms. The Kier molecular flexibility index (Phi) is 4.43. The molecule has 1 aliphatic heterocycles. The van der Waals surface area contributed by atoms with Crippen LogP contribution in [0.1, 0.15) is 12.8 Å². The molecule has 4 nitrogen and oxygen atoms in total. The molecule has 1 aliphatic rings. The van der Waals surface area contributed by atoms with Gasteiger partial charge in [-0.05, 0) is 25.0 Å². The fraction of sp³-hybridized carbons (Fsp3) is 0.286.